The van der Waals surface area contributed by atoms with Crippen LogP contribution in [0, 0.1) is 0 Å². The van der Waals surface area contributed by atoms with E-state index in [1.807, 2.05) is 4.90 Å². The maximum atomic E-state index is 13.1. The van der Waals surface area contributed by atoms with E-state index < -0.39 is 17.7 Å². The van der Waals surface area contributed by atoms with E-state index >= 15 is 0 Å². The Morgan fingerprint density at radius 3 is 2.43 bits per heavy atom. The number of anilines is 1. The zero-order valence-corrected chi connectivity index (χ0v) is 11.4. The molecule has 0 aromatic heterocycles. The van der Waals surface area contributed by atoms with Crippen LogP contribution in [0.5, 0.6) is 0 Å². The summed E-state index contributed by atoms with van der Waals surface area (Å²) in [4.78, 5) is 12.4. The Hall–Kier alpha value is -1.98. The van der Waals surface area contributed by atoms with Crippen LogP contribution < -0.4 is 4.90 Å². The summed E-state index contributed by atoms with van der Waals surface area (Å²) >= 11 is 0. The number of alkyl halides is 3. The van der Waals surface area contributed by atoms with Crippen LogP contribution in [0.1, 0.15) is 30.4 Å². The van der Waals surface area contributed by atoms with Gasteiger partial charge in [-0.3, -0.25) is 0 Å². The van der Waals surface area contributed by atoms with E-state index in [1.165, 1.54) is 6.07 Å². The summed E-state index contributed by atoms with van der Waals surface area (Å²) in [5, 5.41) is 8.55. The predicted octanol–water partition coefficient (Wildman–Crippen LogP) is 3.79. The molecule has 0 radical (unpaired) electrons. The van der Waals surface area contributed by atoms with Gasteiger partial charge in [-0.1, -0.05) is 6.07 Å². The van der Waals surface area contributed by atoms with Crippen molar-refractivity contribution in [3.63, 3.8) is 0 Å². The number of aliphatic carboxylic acids is 1. The second kappa shape index (κ2) is 6.20. The van der Waals surface area contributed by atoms with Gasteiger partial charge >= 0.3 is 12.1 Å². The van der Waals surface area contributed by atoms with Gasteiger partial charge in [-0.25, -0.2) is 4.79 Å². The molecule has 1 aliphatic rings. The number of carbonyl (C=O) groups is 1. The van der Waals surface area contributed by atoms with Gasteiger partial charge in [-0.15, -0.1) is 0 Å². The van der Waals surface area contributed by atoms with Crippen molar-refractivity contribution in [2.45, 2.75) is 25.4 Å². The molecule has 21 heavy (non-hydrogen) atoms. The molecule has 0 atom stereocenters. The number of hydrogen-bond donors (Lipinski definition) is 1. The Morgan fingerprint density at radius 2 is 1.86 bits per heavy atom. The van der Waals surface area contributed by atoms with E-state index in [4.69, 9.17) is 5.11 Å². The summed E-state index contributed by atoms with van der Waals surface area (Å²) in [6, 6.07) is 4.04. The Morgan fingerprint density at radius 1 is 1.19 bits per heavy atom. The van der Waals surface area contributed by atoms with E-state index in [9.17, 15) is 18.0 Å². The van der Waals surface area contributed by atoms with Crippen molar-refractivity contribution in [1.82, 2.24) is 0 Å². The van der Waals surface area contributed by atoms with Crippen LogP contribution in [0.3, 0.4) is 0 Å². The number of halogens is 3. The Balaban J connectivity index is 2.37. The molecule has 1 aliphatic heterocycles. The molecule has 0 spiro atoms. The third-order valence-electron chi connectivity index (χ3n) is 3.47. The van der Waals surface area contributed by atoms with Crippen LogP contribution in [0.25, 0.3) is 6.08 Å². The van der Waals surface area contributed by atoms with Gasteiger partial charge in [0.1, 0.15) is 0 Å². The molecule has 3 nitrogen and oxygen atoms in total. The van der Waals surface area contributed by atoms with E-state index in [0.717, 1.165) is 44.5 Å². The second-order valence-corrected chi connectivity index (χ2v) is 4.99. The summed E-state index contributed by atoms with van der Waals surface area (Å²) in [5.41, 5.74) is -0.400. The quantitative estimate of drug-likeness (QED) is 0.863. The highest BCUT2D eigenvalue weighted by atomic mass is 19.4. The highest BCUT2D eigenvalue weighted by molar-refractivity contribution is 5.85. The maximum absolute atomic E-state index is 13.1. The van der Waals surface area contributed by atoms with Gasteiger partial charge in [-0.2, -0.15) is 13.2 Å². The lowest BCUT2D eigenvalue weighted by Crippen LogP contribution is -2.29. The van der Waals surface area contributed by atoms with Crippen molar-refractivity contribution in [3.8, 4) is 0 Å². The van der Waals surface area contributed by atoms with Crippen molar-refractivity contribution in [2.75, 3.05) is 18.0 Å². The minimum Gasteiger partial charge on any atom is -0.478 e. The Kier molecular flexibility index (Phi) is 4.55. The molecule has 1 N–H and O–H groups in total. The standard InChI is InChI=1S/C15H16F3NO2/c16-15(17,18)13-10-12(19-8-2-1-3-9-19)6-4-11(13)5-7-14(20)21/h4-7,10H,1-3,8-9H2,(H,20,21)/b7-5+. The summed E-state index contributed by atoms with van der Waals surface area (Å²) in [6.07, 6.45) is 0.229. The summed E-state index contributed by atoms with van der Waals surface area (Å²) in [6.45, 7) is 1.50. The number of piperidine rings is 1. The lowest BCUT2D eigenvalue weighted by atomic mass is 10.0. The highest BCUT2D eigenvalue weighted by Crippen LogP contribution is 2.35. The number of carboxylic acid groups (broad SMARTS) is 1. The van der Waals surface area contributed by atoms with Crippen molar-refractivity contribution >= 4 is 17.7 Å². The molecule has 0 bridgehead atoms. The molecule has 1 saturated heterocycles. The minimum absolute atomic E-state index is 0.134. The lowest BCUT2D eigenvalue weighted by molar-refractivity contribution is -0.137. The van der Waals surface area contributed by atoms with Crippen molar-refractivity contribution in [2.24, 2.45) is 0 Å². The predicted molar refractivity (Wildman–Crippen MR) is 74.2 cm³/mol. The van der Waals surface area contributed by atoms with E-state index in [2.05, 4.69) is 0 Å². The third-order valence-corrected chi connectivity index (χ3v) is 3.47. The van der Waals surface area contributed by atoms with Gasteiger partial charge in [0.25, 0.3) is 0 Å². The maximum Gasteiger partial charge on any atom is 0.417 e. The van der Waals surface area contributed by atoms with Gasteiger partial charge in [0.05, 0.1) is 5.56 Å². The van der Waals surface area contributed by atoms with Crippen molar-refractivity contribution in [1.29, 1.82) is 0 Å². The van der Waals surface area contributed by atoms with Gasteiger partial charge in [0, 0.05) is 24.9 Å². The topological polar surface area (TPSA) is 40.5 Å². The molecule has 1 aromatic carbocycles. The zero-order valence-electron chi connectivity index (χ0n) is 11.4. The third kappa shape index (κ3) is 4.00. The van der Waals surface area contributed by atoms with Gasteiger partial charge in [-0.05, 0) is 43.0 Å². The largest absolute Gasteiger partial charge is 0.478 e. The first kappa shape index (κ1) is 15.4. The monoisotopic (exact) mass is 299 g/mol. The molecule has 0 amide bonds. The molecule has 0 aliphatic carbocycles. The molecular formula is C15H16F3NO2. The smallest absolute Gasteiger partial charge is 0.417 e. The van der Waals surface area contributed by atoms with Crippen LogP contribution >= 0.6 is 0 Å². The van der Waals surface area contributed by atoms with E-state index in [-0.39, 0.29) is 5.56 Å². The van der Waals surface area contributed by atoms with Crippen molar-refractivity contribution < 1.29 is 23.1 Å². The first-order valence-electron chi connectivity index (χ1n) is 6.75. The molecule has 1 heterocycles. The fourth-order valence-corrected chi connectivity index (χ4v) is 2.44. The SMILES string of the molecule is O=C(O)/C=C/c1ccc(N2CCCCC2)cc1C(F)(F)F. The van der Waals surface area contributed by atoms with Crippen LogP contribution in [0.4, 0.5) is 18.9 Å². The Bertz CT molecular complexity index is 546. The zero-order chi connectivity index (χ0) is 15.5. The van der Waals surface area contributed by atoms with Crippen LogP contribution in [0.2, 0.25) is 0 Å². The molecule has 114 valence electrons. The molecule has 0 unspecified atom stereocenters. The first-order valence-corrected chi connectivity index (χ1v) is 6.75. The van der Waals surface area contributed by atoms with Gasteiger partial charge < -0.3 is 10.0 Å². The van der Waals surface area contributed by atoms with Crippen LogP contribution in [-0.4, -0.2) is 24.2 Å². The number of nitrogens with zero attached hydrogens (tertiary/aromatic N) is 1. The molecule has 1 aromatic rings. The van der Waals surface area contributed by atoms with Crippen LogP contribution in [-0.2, 0) is 11.0 Å². The van der Waals surface area contributed by atoms with E-state index in [0.29, 0.717) is 11.8 Å². The summed E-state index contributed by atoms with van der Waals surface area (Å²) in [5.74, 6) is -1.27. The first-order chi connectivity index (χ1) is 9.88. The summed E-state index contributed by atoms with van der Waals surface area (Å²) < 4.78 is 39.4. The fraction of sp³-hybridized carbons (Fsp3) is 0.400. The van der Waals surface area contributed by atoms with E-state index in [1.54, 1.807) is 6.07 Å². The highest BCUT2D eigenvalue weighted by Gasteiger charge is 2.33. The number of benzene rings is 1. The Labute approximate surface area is 120 Å². The van der Waals surface area contributed by atoms with Gasteiger partial charge in [0.15, 0.2) is 0 Å². The second-order valence-electron chi connectivity index (χ2n) is 4.99. The average Bonchev–Trinajstić information content (AvgIpc) is 2.45. The minimum atomic E-state index is -4.51. The number of carboxylic acids is 1. The lowest BCUT2D eigenvalue weighted by Gasteiger charge is -2.29. The normalized spacial score (nSPS) is 16.4. The fourth-order valence-electron chi connectivity index (χ4n) is 2.44. The molecule has 0 saturated carbocycles. The van der Waals surface area contributed by atoms with Gasteiger partial charge in [0.2, 0.25) is 0 Å². The molecular weight excluding hydrogens is 283 g/mol. The van der Waals surface area contributed by atoms with Crippen LogP contribution in [0.15, 0.2) is 24.3 Å². The number of hydrogen-bond acceptors (Lipinski definition) is 2. The summed E-state index contributed by atoms with van der Waals surface area (Å²) in [7, 11) is 0. The average molecular weight is 299 g/mol. The molecule has 2 rings (SSSR count). The molecule has 6 heteroatoms. The van der Waals surface area contributed by atoms with Crippen molar-refractivity contribution in [3.05, 3.63) is 35.4 Å². The number of rotatable bonds is 3. The molecule has 1 fully saturated rings.